The normalized spacial score (nSPS) is 14.3. The zero-order valence-corrected chi connectivity index (χ0v) is 10.5. The smallest absolute Gasteiger partial charge is 0.119 e. The average Bonchev–Trinajstić information content (AvgIpc) is 2.55. The maximum atomic E-state index is 5.18. The Hall–Kier alpha value is -0.670. The van der Waals surface area contributed by atoms with Crippen LogP contribution in [0.2, 0.25) is 0 Å². The van der Waals surface area contributed by atoms with Crippen LogP contribution < -0.4 is 10.1 Å². The van der Waals surface area contributed by atoms with Crippen molar-refractivity contribution in [1.82, 2.24) is 5.32 Å². The van der Waals surface area contributed by atoms with E-state index in [1.54, 1.807) is 7.11 Å². The van der Waals surface area contributed by atoms with Gasteiger partial charge < -0.3 is 10.1 Å². The fraction of sp³-hybridized carbons (Fsp3) is 0.500. The van der Waals surface area contributed by atoms with Crippen molar-refractivity contribution in [3.05, 3.63) is 23.8 Å². The number of thioether (sulfide) groups is 1. The molecule has 1 aliphatic rings. The van der Waals surface area contributed by atoms with E-state index in [1.807, 2.05) is 31.7 Å². The molecule has 84 valence electrons. The van der Waals surface area contributed by atoms with Gasteiger partial charge in [0.1, 0.15) is 5.75 Å². The van der Waals surface area contributed by atoms with Crippen molar-refractivity contribution < 1.29 is 4.74 Å². The van der Waals surface area contributed by atoms with E-state index in [0.717, 1.165) is 24.6 Å². The number of rotatable bonds is 1. The van der Waals surface area contributed by atoms with Gasteiger partial charge in [-0.25, -0.2) is 0 Å². The van der Waals surface area contributed by atoms with E-state index in [1.165, 1.54) is 10.5 Å². The highest BCUT2D eigenvalue weighted by molar-refractivity contribution is 7.99. The maximum Gasteiger partial charge on any atom is 0.119 e. The van der Waals surface area contributed by atoms with Gasteiger partial charge >= 0.3 is 0 Å². The van der Waals surface area contributed by atoms with E-state index >= 15 is 0 Å². The van der Waals surface area contributed by atoms with Gasteiger partial charge in [0.2, 0.25) is 0 Å². The summed E-state index contributed by atoms with van der Waals surface area (Å²) in [6.45, 7) is 6.04. The Bertz CT molecular complexity index is 302. The summed E-state index contributed by atoms with van der Waals surface area (Å²) in [6, 6.07) is 6.28. The van der Waals surface area contributed by atoms with Crippen molar-refractivity contribution >= 4 is 11.8 Å². The lowest BCUT2D eigenvalue weighted by atomic mass is 10.2. The molecule has 0 fully saturated rings. The minimum absolute atomic E-state index is 0.947. The van der Waals surface area contributed by atoms with E-state index < -0.39 is 0 Å². The second kappa shape index (κ2) is 6.75. The van der Waals surface area contributed by atoms with Crippen LogP contribution in [-0.2, 0) is 6.54 Å². The van der Waals surface area contributed by atoms with Gasteiger partial charge in [-0.1, -0.05) is 13.8 Å². The number of methoxy groups -OCH3 is 1. The number of hydrogen-bond donors (Lipinski definition) is 1. The largest absolute Gasteiger partial charge is 0.497 e. The summed E-state index contributed by atoms with van der Waals surface area (Å²) in [5.41, 5.74) is 1.35. The molecule has 1 aromatic rings. The van der Waals surface area contributed by atoms with E-state index in [-0.39, 0.29) is 0 Å². The van der Waals surface area contributed by atoms with Crippen molar-refractivity contribution in [3.8, 4) is 5.75 Å². The Labute approximate surface area is 96.4 Å². The van der Waals surface area contributed by atoms with Crippen LogP contribution in [0.3, 0.4) is 0 Å². The first kappa shape index (κ1) is 12.4. The Morgan fingerprint density at radius 3 is 2.87 bits per heavy atom. The third-order valence-corrected chi connectivity index (χ3v) is 3.24. The highest BCUT2D eigenvalue weighted by Crippen LogP contribution is 2.27. The second-order valence-corrected chi connectivity index (χ2v) is 4.14. The number of hydrogen-bond acceptors (Lipinski definition) is 3. The minimum Gasteiger partial charge on any atom is -0.497 e. The Morgan fingerprint density at radius 1 is 1.33 bits per heavy atom. The van der Waals surface area contributed by atoms with E-state index in [0.29, 0.717) is 0 Å². The molecule has 0 radical (unpaired) electrons. The first-order valence-corrected chi connectivity index (χ1v) is 6.39. The lowest BCUT2D eigenvalue weighted by molar-refractivity contribution is 0.413. The highest BCUT2D eigenvalue weighted by Gasteiger charge is 2.07. The molecule has 2 rings (SSSR count). The molecule has 0 spiro atoms. The third-order valence-electron chi connectivity index (χ3n) is 2.12. The second-order valence-electron chi connectivity index (χ2n) is 3.00. The van der Waals surface area contributed by atoms with Gasteiger partial charge in [-0.2, -0.15) is 0 Å². The van der Waals surface area contributed by atoms with Gasteiger partial charge in [-0.05, 0) is 23.8 Å². The molecule has 0 atom stereocenters. The minimum atomic E-state index is 0.947. The molecule has 0 amide bonds. The van der Waals surface area contributed by atoms with Crippen molar-refractivity contribution in [2.75, 3.05) is 19.4 Å². The van der Waals surface area contributed by atoms with Crippen LogP contribution in [0, 0.1) is 0 Å². The molecule has 0 saturated heterocycles. The fourth-order valence-corrected chi connectivity index (χ4v) is 2.37. The van der Waals surface area contributed by atoms with Gasteiger partial charge in [0, 0.05) is 23.7 Å². The molecule has 15 heavy (non-hydrogen) atoms. The topological polar surface area (TPSA) is 21.3 Å². The molecule has 1 N–H and O–H groups in total. The van der Waals surface area contributed by atoms with Crippen molar-refractivity contribution in [3.63, 3.8) is 0 Å². The molecule has 0 aromatic heterocycles. The van der Waals surface area contributed by atoms with Crippen LogP contribution in [-0.4, -0.2) is 19.4 Å². The van der Waals surface area contributed by atoms with E-state index in [2.05, 4.69) is 17.4 Å². The average molecular weight is 225 g/mol. The van der Waals surface area contributed by atoms with E-state index in [9.17, 15) is 0 Å². The molecule has 2 nitrogen and oxygen atoms in total. The monoisotopic (exact) mass is 225 g/mol. The molecule has 1 aromatic carbocycles. The van der Waals surface area contributed by atoms with Crippen molar-refractivity contribution in [1.29, 1.82) is 0 Å². The third kappa shape index (κ3) is 3.43. The number of benzene rings is 1. The molecule has 1 aliphatic heterocycles. The predicted molar refractivity (Wildman–Crippen MR) is 66.8 cm³/mol. The molecule has 0 unspecified atom stereocenters. The summed E-state index contributed by atoms with van der Waals surface area (Å²) >= 11 is 1.91. The number of ether oxygens (including phenoxy) is 1. The standard InChI is InChI=1S/C10H13NOS.C2H6/c1-12-9-2-3-10-8(6-9)7-11-4-5-13-10;1-2/h2-3,6,11H,4-5,7H2,1H3;1-2H3. The molecule has 0 bridgehead atoms. The summed E-state index contributed by atoms with van der Waals surface area (Å²) < 4.78 is 5.18. The molecule has 0 aliphatic carbocycles. The Morgan fingerprint density at radius 2 is 2.13 bits per heavy atom. The number of fused-ring (bicyclic) bond motifs is 1. The fourth-order valence-electron chi connectivity index (χ4n) is 1.42. The predicted octanol–water partition coefficient (Wildman–Crippen LogP) is 2.92. The van der Waals surface area contributed by atoms with Crippen molar-refractivity contribution in [2.24, 2.45) is 0 Å². The summed E-state index contributed by atoms with van der Waals surface area (Å²) in [5.74, 6) is 2.10. The number of nitrogens with one attached hydrogen (secondary N) is 1. The lowest BCUT2D eigenvalue weighted by Gasteiger charge is -2.06. The van der Waals surface area contributed by atoms with Gasteiger partial charge in [0.05, 0.1) is 7.11 Å². The van der Waals surface area contributed by atoms with Crippen LogP contribution in [0.15, 0.2) is 23.1 Å². The summed E-state index contributed by atoms with van der Waals surface area (Å²) in [5, 5.41) is 3.38. The first-order valence-electron chi connectivity index (χ1n) is 5.40. The van der Waals surface area contributed by atoms with Crippen LogP contribution >= 0.6 is 11.8 Å². The Balaban J connectivity index is 0.000000531. The maximum absolute atomic E-state index is 5.18. The van der Waals surface area contributed by atoms with Crippen LogP contribution in [0.1, 0.15) is 19.4 Å². The zero-order chi connectivity index (χ0) is 11.1. The van der Waals surface area contributed by atoms with Gasteiger partial charge in [-0.15, -0.1) is 11.8 Å². The quantitative estimate of drug-likeness (QED) is 0.794. The molecule has 1 heterocycles. The van der Waals surface area contributed by atoms with Crippen LogP contribution in [0.25, 0.3) is 0 Å². The van der Waals surface area contributed by atoms with Gasteiger partial charge in [0.15, 0.2) is 0 Å². The molecule has 3 heteroatoms. The SMILES string of the molecule is CC.COc1ccc2c(c1)CNCCS2. The van der Waals surface area contributed by atoms with Gasteiger partial charge in [0.25, 0.3) is 0 Å². The Kier molecular flexibility index (Phi) is 5.58. The first-order chi connectivity index (χ1) is 7.40. The zero-order valence-electron chi connectivity index (χ0n) is 9.67. The van der Waals surface area contributed by atoms with E-state index in [4.69, 9.17) is 4.74 Å². The van der Waals surface area contributed by atoms with Gasteiger partial charge in [-0.3, -0.25) is 0 Å². The molecular weight excluding hydrogens is 206 g/mol. The summed E-state index contributed by atoms with van der Waals surface area (Å²) in [4.78, 5) is 1.38. The highest BCUT2D eigenvalue weighted by atomic mass is 32.2. The van der Waals surface area contributed by atoms with Crippen LogP contribution in [0.5, 0.6) is 5.75 Å². The summed E-state index contributed by atoms with van der Waals surface area (Å²) in [7, 11) is 1.71. The summed E-state index contributed by atoms with van der Waals surface area (Å²) in [6.07, 6.45) is 0. The van der Waals surface area contributed by atoms with Crippen LogP contribution in [0.4, 0.5) is 0 Å². The molecular formula is C12H19NOS. The lowest BCUT2D eigenvalue weighted by Crippen LogP contribution is -2.13. The van der Waals surface area contributed by atoms with Crippen molar-refractivity contribution in [2.45, 2.75) is 25.3 Å². The molecule has 0 saturated carbocycles.